The molecule has 7 nitrogen and oxygen atoms in total. The predicted molar refractivity (Wildman–Crippen MR) is 94.9 cm³/mol. The summed E-state index contributed by atoms with van der Waals surface area (Å²) in [4.78, 5) is 12.7. The van der Waals surface area contributed by atoms with Gasteiger partial charge in [-0.25, -0.2) is 10.1 Å². The summed E-state index contributed by atoms with van der Waals surface area (Å²) in [5, 5.41) is 10.7. The van der Waals surface area contributed by atoms with E-state index in [9.17, 15) is 4.79 Å². The van der Waals surface area contributed by atoms with E-state index in [4.69, 9.17) is 0 Å². The van der Waals surface area contributed by atoms with Gasteiger partial charge in [0.25, 0.3) is 0 Å². The maximum atomic E-state index is 12.7. The number of piperidine rings is 1. The monoisotopic (exact) mass is 340 g/mol. The summed E-state index contributed by atoms with van der Waals surface area (Å²) in [6.45, 7) is 3.89. The van der Waals surface area contributed by atoms with E-state index in [1.54, 1.807) is 6.20 Å². The van der Waals surface area contributed by atoms with Gasteiger partial charge in [-0.2, -0.15) is 5.10 Å². The van der Waals surface area contributed by atoms with Crippen molar-refractivity contribution >= 4 is 5.91 Å². The van der Waals surface area contributed by atoms with Gasteiger partial charge in [-0.1, -0.05) is 12.1 Å². The third-order valence-corrected chi connectivity index (χ3v) is 5.18. The zero-order valence-corrected chi connectivity index (χ0v) is 14.3. The fourth-order valence-electron chi connectivity index (χ4n) is 3.70. The van der Waals surface area contributed by atoms with Gasteiger partial charge in [0.05, 0.1) is 11.7 Å². The van der Waals surface area contributed by atoms with Crippen molar-refractivity contribution in [1.82, 2.24) is 31.3 Å². The van der Waals surface area contributed by atoms with E-state index in [1.165, 1.54) is 0 Å². The lowest BCUT2D eigenvalue weighted by molar-refractivity contribution is -0.124. The molecule has 1 aromatic heterocycles. The zero-order valence-electron chi connectivity index (χ0n) is 14.3. The van der Waals surface area contributed by atoms with Gasteiger partial charge in [-0.15, -0.1) is 0 Å². The molecule has 3 heterocycles. The molecule has 0 aliphatic carbocycles. The highest BCUT2D eigenvalue weighted by Gasteiger charge is 2.41. The van der Waals surface area contributed by atoms with Crippen LogP contribution in [0.5, 0.6) is 0 Å². The van der Waals surface area contributed by atoms with Crippen molar-refractivity contribution in [1.29, 1.82) is 0 Å². The Balaban J connectivity index is 1.39. The Bertz CT molecular complexity index is 714. The second-order valence-electron chi connectivity index (χ2n) is 6.80. The first-order chi connectivity index (χ1) is 12.2. The number of rotatable bonds is 4. The average molecular weight is 340 g/mol. The first-order valence-corrected chi connectivity index (χ1v) is 8.84. The van der Waals surface area contributed by atoms with Crippen molar-refractivity contribution in [3.63, 3.8) is 0 Å². The van der Waals surface area contributed by atoms with E-state index >= 15 is 0 Å². The number of amides is 1. The minimum Gasteiger partial charge on any atom is -0.348 e. The van der Waals surface area contributed by atoms with Crippen molar-refractivity contribution in [2.75, 3.05) is 13.1 Å². The number of fused-ring (bicyclic) bond motifs is 1. The molecular weight excluding hydrogens is 316 g/mol. The second kappa shape index (κ2) is 6.95. The van der Waals surface area contributed by atoms with E-state index in [0.29, 0.717) is 12.0 Å². The number of carbonyl (C=O) groups is 1. The average Bonchev–Trinajstić information content (AvgIpc) is 3.31. The first kappa shape index (κ1) is 16.3. The standard InChI is InChI=1S/C18H24N6O/c1-12(13-3-5-14(6-4-13)24-10-2-8-20-24)21-18(25)17-15-11-19-9-7-16(15)22-23-17/h2-6,8,10,12,15-17,19,22-23H,7,9,11H2,1H3,(H,21,25). The number of nitrogens with one attached hydrogen (secondary N) is 4. The normalized spacial score (nSPS) is 26.8. The Hall–Kier alpha value is -2.22. The summed E-state index contributed by atoms with van der Waals surface area (Å²) in [5.41, 5.74) is 8.52. The Morgan fingerprint density at radius 1 is 1.32 bits per heavy atom. The molecule has 0 saturated carbocycles. The predicted octanol–water partition coefficient (Wildman–Crippen LogP) is 0.504. The van der Waals surface area contributed by atoms with Gasteiger partial charge in [0.15, 0.2) is 0 Å². The van der Waals surface area contributed by atoms with Gasteiger partial charge >= 0.3 is 0 Å². The van der Waals surface area contributed by atoms with Gasteiger partial charge in [0.1, 0.15) is 6.04 Å². The van der Waals surface area contributed by atoms with E-state index in [2.05, 4.69) is 26.6 Å². The van der Waals surface area contributed by atoms with Crippen molar-refractivity contribution in [2.45, 2.75) is 31.5 Å². The number of hydrazine groups is 1. The Morgan fingerprint density at radius 2 is 2.16 bits per heavy atom. The maximum absolute atomic E-state index is 12.7. The Kier molecular flexibility index (Phi) is 4.52. The summed E-state index contributed by atoms with van der Waals surface area (Å²) < 4.78 is 1.82. The van der Waals surface area contributed by atoms with Gasteiger partial charge < -0.3 is 10.6 Å². The van der Waals surface area contributed by atoms with Crippen molar-refractivity contribution in [3.05, 3.63) is 48.3 Å². The minimum absolute atomic E-state index is 0.0448. The van der Waals surface area contributed by atoms with Crippen LogP contribution in [0.25, 0.3) is 5.69 Å². The quantitative estimate of drug-likeness (QED) is 0.652. The molecule has 7 heteroatoms. The topological polar surface area (TPSA) is 83.0 Å². The van der Waals surface area contributed by atoms with Crippen LogP contribution in [0.2, 0.25) is 0 Å². The third kappa shape index (κ3) is 3.30. The van der Waals surface area contributed by atoms with E-state index in [-0.39, 0.29) is 18.0 Å². The van der Waals surface area contributed by atoms with E-state index in [1.807, 2.05) is 48.1 Å². The minimum atomic E-state index is -0.191. The highest BCUT2D eigenvalue weighted by molar-refractivity contribution is 5.83. The van der Waals surface area contributed by atoms with Crippen LogP contribution in [-0.2, 0) is 4.79 Å². The highest BCUT2D eigenvalue weighted by Crippen LogP contribution is 2.21. The van der Waals surface area contributed by atoms with Crippen LogP contribution in [0, 0.1) is 5.92 Å². The van der Waals surface area contributed by atoms with Crippen molar-refractivity contribution < 1.29 is 4.79 Å². The molecule has 25 heavy (non-hydrogen) atoms. The lowest BCUT2D eigenvalue weighted by Gasteiger charge is -2.28. The molecule has 4 N–H and O–H groups in total. The SMILES string of the molecule is CC(NC(=O)C1NNC2CCNCC21)c1ccc(-n2cccn2)cc1. The van der Waals surface area contributed by atoms with Crippen molar-refractivity contribution in [2.24, 2.45) is 5.92 Å². The summed E-state index contributed by atoms with van der Waals surface area (Å²) in [7, 11) is 0. The molecule has 4 rings (SSSR count). The Morgan fingerprint density at radius 3 is 2.92 bits per heavy atom. The van der Waals surface area contributed by atoms with Crippen LogP contribution in [0.15, 0.2) is 42.7 Å². The van der Waals surface area contributed by atoms with Crippen LogP contribution >= 0.6 is 0 Å². The van der Waals surface area contributed by atoms with Crippen LogP contribution < -0.4 is 21.5 Å². The smallest absolute Gasteiger partial charge is 0.239 e. The van der Waals surface area contributed by atoms with E-state index in [0.717, 1.165) is 30.8 Å². The first-order valence-electron chi connectivity index (χ1n) is 8.84. The molecule has 132 valence electrons. The largest absolute Gasteiger partial charge is 0.348 e. The molecule has 4 atom stereocenters. The number of hydrogen-bond donors (Lipinski definition) is 4. The van der Waals surface area contributed by atoms with Crippen LogP contribution in [0.3, 0.4) is 0 Å². The van der Waals surface area contributed by atoms with Crippen molar-refractivity contribution in [3.8, 4) is 5.69 Å². The molecule has 4 unspecified atom stereocenters. The molecular formula is C18H24N6O. The number of carbonyl (C=O) groups excluding carboxylic acids is 1. The summed E-state index contributed by atoms with van der Waals surface area (Å²) >= 11 is 0. The summed E-state index contributed by atoms with van der Waals surface area (Å²) in [6.07, 6.45) is 4.71. The lowest BCUT2D eigenvalue weighted by Crippen LogP contribution is -2.49. The molecule has 0 radical (unpaired) electrons. The van der Waals surface area contributed by atoms with Gasteiger partial charge in [0, 0.05) is 30.9 Å². The molecule has 2 aliphatic rings. The molecule has 0 spiro atoms. The van der Waals surface area contributed by atoms with Crippen LogP contribution in [0.1, 0.15) is 24.9 Å². The number of aromatic nitrogens is 2. The Labute approximate surface area is 147 Å². The summed E-state index contributed by atoms with van der Waals surface area (Å²) in [5.74, 6) is 0.343. The fraction of sp³-hybridized carbons (Fsp3) is 0.444. The zero-order chi connectivity index (χ0) is 17.2. The maximum Gasteiger partial charge on any atom is 0.239 e. The van der Waals surface area contributed by atoms with Gasteiger partial charge in [0.2, 0.25) is 5.91 Å². The number of nitrogens with zero attached hydrogens (tertiary/aromatic N) is 2. The third-order valence-electron chi connectivity index (χ3n) is 5.18. The molecule has 0 bridgehead atoms. The lowest BCUT2D eigenvalue weighted by atomic mass is 9.89. The fourth-order valence-corrected chi connectivity index (χ4v) is 3.70. The summed E-state index contributed by atoms with van der Waals surface area (Å²) in [6, 6.07) is 10.1. The molecule has 2 aromatic rings. The van der Waals surface area contributed by atoms with Gasteiger partial charge in [-0.3, -0.25) is 10.2 Å². The molecule has 1 amide bonds. The van der Waals surface area contributed by atoms with E-state index < -0.39 is 0 Å². The molecule has 2 fully saturated rings. The van der Waals surface area contributed by atoms with Gasteiger partial charge in [-0.05, 0) is 43.7 Å². The molecule has 1 aromatic carbocycles. The number of hydrogen-bond acceptors (Lipinski definition) is 5. The molecule has 2 aliphatic heterocycles. The second-order valence-corrected chi connectivity index (χ2v) is 6.80. The number of benzene rings is 1. The highest BCUT2D eigenvalue weighted by atomic mass is 16.2. The van der Waals surface area contributed by atoms with Crippen LogP contribution in [-0.4, -0.2) is 40.9 Å². The molecule has 2 saturated heterocycles. The van der Waals surface area contributed by atoms with Crippen LogP contribution in [0.4, 0.5) is 0 Å².